The lowest BCUT2D eigenvalue weighted by Crippen LogP contribution is -2.46. The molecule has 26 heavy (non-hydrogen) atoms. The van der Waals surface area contributed by atoms with Gasteiger partial charge in [-0.05, 0) is 56.8 Å². The molecule has 3 aliphatic carbocycles. The van der Waals surface area contributed by atoms with E-state index in [0.29, 0.717) is 5.92 Å². The van der Waals surface area contributed by atoms with Gasteiger partial charge in [0.2, 0.25) is 0 Å². The lowest BCUT2D eigenvalue weighted by Gasteiger charge is -2.40. The maximum atomic E-state index is 6.56. The smallest absolute Gasteiger partial charge is 0.110 e. The maximum Gasteiger partial charge on any atom is 0.110 e. The average Bonchev–Trinajstić information content (AvgIpc) is 2.96. The summed E-state index contributed by atoms with van der Waals surface area (Å²) in [4.78, 5) is 0. The zero-order valence-corrected chi connectivity index (χ0v) is 17.0. The quantitative estimate of drug-likeness (QED) is 0.439. The summed E-state index contributed by atoms with van der Waals surface area (Å²) < 4.78 is 18.3. The third kappa shape index (κ3) is 5.33. The van der Waals surface area contributed by atoms with Crippen molar-refractivity contribution in [3.8, 4) is 0 Å². The zero-order chi connectivity index (χ0) is 18.2. The van der Waals surface area contributed by atoms with Gasteiger partial charge in [-0.3, -0.25) is 0 Å². The fourth-order valence-electron chi connectivity index (χ4n) is 5.58. The fraction of sp³-hybridized carbons (Fsp3) is 0.913. The van der Waals surface area contributed by atoms with Gasteiger partial charge in [-0.1, -0.05) is 50.7 Å². The number of hydrogen-bond acceptors (Lipinski definition) is 3. The molecule has 3 rings (SSSR count). The van der Waals surface area contributed by atoms with Crippen molar-refractivity contribution in [1.82, 2.24) is 0 Å². The Morgan fingerprint density at radius 1 is 0.808 bits per heavy atom. The summed E-state index contributed by atoms with van der Waals surface area (Å²) in [5, 5.41) is 0. The van der Waals surface area contributed by atoms with E-state index in [1.165, 1.54) is 57.8 Å². The normalized spacial score (nSPS) is 36.8. The first-order chi connectivity index (χ1) is 12.8. The van der Waals surface area contributed by atoms with E-state index in [-0.39, 0.29) is 18.3 Å². The van der Waals surface area contributed by atoms with Crippen LogP contribution in [0.4, 0.5) is 0 Å². The van der Waals surface area contributed by atoms with E-state index in [1.807, 2.05) is 7.11 Å². The predicted molar refractivity (Wildman–Crippen MR) is 106 cm³/mol. The highest BCUT2D eigenvalue weighted by molar-refractivity contribution is 4.97. The van der Waals surface area contributed by atoms with E-state index in [2.05, 4.69) is 19.1 Å². The highest BCUT2D eigenvalue weighted by atomic mass is 16.6. The van der Waals surface area contributed by atoms with Crippen LogP contribution in [0.1, 0.15) is 77.6 Å². The van der Waals surface area contributed by atoms with Crippen LogP contribution in [0, 0.1) is 17.8 Å². The van der Waals surface area contributed by atoms with Crippen LogP contribution >= 0.6 is 0 Å². The fourth-order valence-corrected chi connectivity index (χ4v) is 5.58. The molecule has 0 amide bonds. The number of methoxy groups -OCH3 is 1. The molecule has 0 aromatic carbocycles. The highest BCUT2D eigenvalue weighted by Gasteiger charge is 2.37. The molecule has 0 heterocycles. The van der Waals surface area contributed by atoms with Gasteiger partial charge in [-0.15, -0.1) is 0 Å². The molecule has 0 saturated heterocycles. The zero-order valence-electron chi connectivity index (χ0n) is 17.0. The second-order valence-corrected chi connectivity index (χ2v) is 8.62. The van der Waals surface area contributed by atoms with Crippen molar-refractivity contribution in [3.05, 3.63) is 12.2 Å². The predicted octanol–water partition coefficient (Wildman–Crippen LogP) is 5.53. The van der Waals surface area contributed by atoms with Crippen LogP contribution < -0.4 is 0 Å². The van der Waals surface area contributed by atoms with Crippen LogP contribution in [-0.4, -0.2) is 38.6 Å². The molecule has 5 atom stereocenters. The van der Waals surface area contributed by atoms with Crippen LogP contribution in [0.15, 0.2) is 12.2 Å². The van der Waals surface area contributed by atoms with Crippen molar-refractivity contribution in [1.29, 1.82) is 0 Å². The molecule has 0 N–H and O–H groups in total. The van der Waals surface area contributed by atoms with Crippen molar-refractivity contribution >= 4 is 0 Å². The lowest BCUT2D eigenvalue weighted by atomic mass is 9.72. The Labute approximate surface area is 160 Å². The van der Waals surface area contributed by atoms with Crippen molar-refractivity contribution in [3.63, 3.8) is 0 Å². The summed E-state index contributed by atoms with van der Waals surface area (Å²) in [7, 11) is 1.83. The van der Waals surface area contributed by atoms with Crippen LogP contribution in [-0.2, 0) is 14.2 Å². The Morgan fingerprint density at radius 2 is 1.54 bits per heavy atom. The Hall–Kier alpha value is -0.380. The standard InChI is InChI=1S/C23H40O3/c1-3-25-22-16-10-15-21(24-2)23(22)26-17-19-13-8-9-14-20(19)18-11-6-4-5-7-12-18/h8-9,18-23H,3-7,10-17H2,1-2H3. The highest BCUT2D eigenvalue weighted by Crippen LogP contribution is 2.39. The van der Waals surface area contributed by atoms with Crippen molar-refractivity contribution < 1.29 is 14.2 Å². The van der Waals surface area contributed by atoms with Crippen LogP contribution in [0.2, 0.25) is 0 Å². The molecule has 5 unspecified atom stereocenters. The summed E-state index contributed by atoms with van der Waals surface area (Å²) in [6.07, 6.45) is 19.7. The van der Waals surface area contributed by atoms with Gasteiger partial charge in [0.1, 0.15) is 6.10 Å². The van der Waals surface area contributed by atoms with Gasteiger partial charge in [0.15, 0.2) is 0 Å². The van der Waals surface area contributed by atoms with Gasteiger partial charge < -0.3 is 14.2 Å². The molecule has 0 spiro atoms. The number of ether oxygens (including phenoxy) is 3. The molecule has 3 nitrogen and oxygen atoms in total. The third-order valence-electron chi connectivity index (χ3n) is 7.02. The Morgan fingerprint density at radius 3 is 2.27 bits per heavy atom. The summed E-state index contributed by atoms with van der Waals surface area (Å²) in [5.41, 5.74) is 0. The van der Waals surface area contributed by atoms with E-state index in [4.69, 9.17) is 14.2 Å². The van der Waals surface area contributed by atoms with Crippen molar-refractivity contribution in [2.24, 2.45) is 17.8 Å². The second kappa shape index (κ2) is 10.8. The first kappa shape index (κ1) is 20.4. The van der Waals surface area contributed by atoms with Gasteiger partial charge in [0, 0.05) is 13.7 Å². The van der Waals surface area contributed by atoms with E-state index < -0.39 is 0 Å². The summed E-state index contributed by atoms with van der Waals surface area (Å²) in [5.74, 6) is 2.39. The summed E-state index contributed by atoms with van der Waals surface area (Å²) in [6, 6.07) is 0. The molecule has 2 fully saturated rings. The van der Waals surface area contributed by atoms with E-state index in [1.54, 1.807) is 0 Å². The van der Waals surface area contributed by atoms with E-state index in [0.717, 1.165) is 37.9 Å². The van der Waals surface area contributed by atoms with Gasteiger partial charge in [0.25, 0.3) is 0 Å². The first-order valence-electron chi connectivity index (χ1n) is 11.2. The maximum absolute atomic E-state index is 6.56. The number of allylic oxidation sites excluding steroid dienone is 2. The molecule has 3 heteroatoms. The minimum atomic E-state index is 0.106. The molecule has 0 aliphatic heterocycles. The Kier molecular flexibility index (Phi) is 8.48. The number of rotatable bonds is 7. The molecule has 0 radical (unpaired) electrons. The summed E-state index contributed by atoms with van der Waals surface area (Å²) >= 11 is 0. The van der Waals surface area contributed by atoms with E-state index in [9.17, 15) is 0 Å². The average molecular weight is 365 g/mol. The topological polar surface area (TPSA) is 27.7 Å². The Bertz CT molecular complexity index is 412. The van der Waals surface area contributed by atoms with Gasteiger partial charge in [0.05, 0.1) is 18.8 Å². The monoisotopic (exact) mass is 364 g/mol. The third-order valence-corrected chi connectivity index (χ3v) is 7.02. The molecule has 2 saturated carbocycles. The molecule has 0 aromatic rings. The molecule has 150 valence electrons. The summed E-state index contributed by atoms with van der Waals surface area (Å²) in [6.45, 7) is 3.72. The molecular weight excluding hydrogens is 324 g/mol. The molecule has 3 aliphatic rings. The molecule has 0 bridgehead atoms. The number of hydrogen-bond donors (Lipinski definition) is 0. The Balaban J connectivity index is 1.60. The van der Waals surface area contributed by atoms with Gasteiger partial charge in [-0.2, -0.15) is 0 Å². The molecule has 0 aromatic heterocycles. The first-order valence-corrected chi connectivity index (χ1v) is 11.2. The lowest BCUT2D eigenvalue weighted by molar-refractivity contribution is -0.157. The van der Waals surface area contributed by atoms with E-state index >= 15 is 0 Å². The van der Waals surface area contributed by atoms with Crippen LogP contribution in [0.3, 0.4) is 0 Å². The van der Waals surface area contributed by atoms with Crippen molar-refractivity contribution in [2.45, 2.75) is 95.9 Å². The minimum absolute atomic E-state index is 0.106. The largest absolute Gasteiger partial charge is 0.379 e. The minimum Gasteiger partial charge on any atom is -0.379 e. The SMILES string of the molecule is CCOC1CCCC(OC)C1OCC1CC=CCC1C1CCCCCC1. The second-order valence-electron chi connectivity index (χ2n) is 8.62. The van der Waals surface area contributed by atoms with Crippen LogP contribution in [0.25, 0.3) is 0 Å². The van der Waals surface area contributed by atoms with Gasteiger partial charge in [-0.25, -0.2) is 0 Å². The van der Waals surface area contributed by atoms with Gasteiger partial charge >= 0.3 is 0 Å². The molecular formula is C23H40O3. The van der Waals surface area contributed by atoms with Crippen molar-refractivity contribution in [2.75, 3.05) is 20.3 Å². The van der Waals surface area contributed by atoms with Crippen LogP contribution in [0.5, 0.6) is 0 Å².